The summed E-state index contributed by atoms with van der Waals surface area (Å²) in [7, 11) is 1.20. The summed E-state index contributed by atoms with van der Waals surface area (Å²) in [6.07, 6.45) is 5.98. The Hall–Kier alpha value is -0.530. The monoisotopic (exact) mass is 202 g/mol. The molecule has 1 atom stereocenters. The highest BCUT2D eigenvalue weighted by Gasteiger charge is 2.38. The molecule has 1 aliphatic rings. The van der Waals surface area contributed by atoms with E-state index < -0.39 is 9.84 Å². The zero-order valence-corrected chi connectivity index (χ0v) is 8.97. The van der Waals surface area contributed by atoms with Gasteiger partial charge in [-0.1, -0.05) is 0 Å². The van der Waals surface area contributed by atoms with Crippen LogP contribution in [0, 0.1) is 12.3 Å². The van der Waals surface area contributed by atoms with Crippen molar-refractivity contribution in [1.82, 2.24) is 0 Å². The number of terminal acetylenes is 1. The molecule has 0 aromatic rings. The molecule has 1 heterocycles. The van der Waals surface area contributed by atoms with E-state index in [1.165, 1.54) is 0 Å². The molecule has 1 saturated heterocycles. The standard InChI is InChI=1S/C9H16NO2S/c1-4-6-10(2,3)9-5-7-13(11,12)8-9/h1,9H,5-8H2,2-3H3/q+1/t9-/m0/s1. The van der Waals surface area contributed by atoms with Crippen molar-refractivity contribution >= 4 is 9.84 Å². The number of sulfone groups is 1. The predicted octanol–water partition coefficient (Wildman–Crippen LogP) is -0.117. The van der Waals surface area contributed by atoms with E-state index >= 15 is 0 Å². The van der Waals surface area contributed by atoms with E-state index in [1.807, 2.05) is 14.1 Å². The topological polar surface area (TPSA) is 34.1 Å². The molecule has 0 N–H and O–H groups in total. The summed E-state index contributed by atoms with van der Waals surface area (Å²) in [6, 6.07) is 0.182. The summed E-state index contributed by atoms with van der Waals surface area (Å²) in [5.41, 5.74) is 0. The quantitative estimate of drug-likeness (QED) is 0.462. The maximum absolute atomic E-state index is 11.2. The molecule has 0 aromatic carbocycles. The molecule has 1 fully saturated rings. The highest BCUT2D eigenvalue weighted by atomic mass is 32.2. The number of hydrogen-bond acceptors (Lipinski definition) is 2. The Kier molecular flexibility index (Phi) is 2.69. The molecular weight excluding hydrogens is 186 g/mol. The Morgan fingerprint density at radius 2 is 2.15 bits per heavy atom. The first-order valence-corrected chi connectivity index (χ1v) is 6.16. The van der Waals surface area contributed by atoms with Crippen molar-refractivity contribution in [3.8, 4) is 12.3 Å². The molecule has 0 bridgehead atoms. The second-order valence-corrected chi connectivity index (χ2v) is 6.43. The van der Waals surface area contributed by atoms with Crippen LogP contribution in [0.5, 0.6) is 0 Å². The summed E-state index contributed by atoms with van der Waals surface area (Å²) in [4.78, 5) is 0. The lowest BCUT2D eigenvalue weighted by Crippen LogP contribution is -2.49. The van der Waals surface area contributed by atoms with Crippen LogP contribution >= 0.6 is 0 Å². The van der Waals surface area contributed by atoms with Crippen LogP contribution in [-0.2, 0) is 9.84 Å². The predicted molar refractivity (Wildman–Crippen MR) is 52.9 cm³/mol. The number of hydrogen-bond donors (Lipinski definition) is 0. The molecule has 1 aliphatic heterocycles. The first-order chi connectivity index (χ1) is 5.87. The molecule has 3 nitrogen and oxygen atoms in total. The molecule has 0 saturated carbocycles. The highest BCUT2D eigenvalue weighted by molar-refractivity contribution is 7.91. The molecule has 0 aromatic heterocycles. The van der Waals surface area contributed by atoms with Crippen molar-refractivity contribution in [2.24, 2.45) is 0 Å². The normalized spacial score (nSPS) is 27.0. The van der Waals surface area contributed by atoms with Crippen LogP contribution in [0.4, 0.5) is 0 Å². The fourth-order valence-electron chi connectivity index (χ4n) is 1.69. The van der Waals surface area contributed by atoms with Crippen LogP contribution in [0.15, 0.2) is 0 Å². The first kappa shape index (κ1) is 10.6. The third kappa shape index (κ3) is 2.45. The summed E-state index contributed by atoms with van der Waals surface area (Å²) < 4.78 is 23.1. The van der Waals surface area contributed by atoms with Crippen LogP contribution < -0.4 is 0 Å². The molecule has 4 heteroatoms. The zero-order valence-electron chi connectivity index (χ0n) is 8.16. The van der Waals surface area contributed by atoms with Gasteiger partial charge in [0.05, 0.1) is 19.8 Å². The van der Waals surface area contributed by atoms with Crippen molar-refractivity contribution in [2.45, 2.75) is 12.5 Å². The van der Waals surface area contributed by atoms with Gasteiger partial charge in [-0.15, -0.1) is 6.42 Å². The number of rotatable bonds is 2. The van der Waals surface area contributed by atoms with Crippen LogP contribution in [0.1, 0.15) is 6.42 Å². The van der Waals surface area contributed by atoms with Gasteiger partial charge in [0.15, 0.2) is 9.84 Å². The van der Waals surface area contributed by atoms with Crippen molar-refractivity contribution in [3.05, 3.63) is 0 Å². The average Bonchev–Trinajstić information content (AvgIpc) is 2.30. The molecule has 13 heavy (non-hydrogen) atoms. The van der Waals surface area contributed by atoms with Gasteiger partial charge in [-0.3, -0.25) is 0 Å². The third-order valence-electron chi connectivity index (χ3n) is 2.70. The summed E-state index contributed by atoms with van der Waals surface area (Å²) in [6.45, 7) is 0.597. The van der Waals surface area contributed by atoms with Gasteiger partial charge >= 0.3 is 0 Å². The van der Waals surface area contributed by atoms with E-state index in [1.54, 1.807) is 0 Å². The molecule has 74 valence electrons. The summed E-state index contributed by atoms with van der Waals surface area (Å²) >= 11 is 0. The van der Waals surface area contributed by atoms with E-state index in [4.69, 9.17) is 6.42 Å². The highest BCUT2D eigenvalue weighted by Crippen LogP contribution is 2.20. The fourth-order valence-corrected chi connectivity index (χ4v) is 3.65. The molecule has 0 spiro atoms. The summed E-state index contributed by atoms with van der Waals surface area (Å²) in [5.74, 6) is 3.21. The minimum absolute atomic E-state index is 0.182. The Morgan fingerprint density at radius 1 is 1.54 bits per heavy atom. The van der Waals surface area contributed by atoms with Gasteiger partial charge in [0.25, 0.3) is 0 Å². The minimum atomic E-state index is -2.78. The molecular formula is C9H16NO2S+. The van der Waals surface area contributed by atoms with Gasteiger partial charge in [-0.25, -0.2) is 8.42 Å². The van der Waals surface area contributed by atoms with Gasteiger partial charge < -0.3 is 4.48 Å². The molecule has 1 rings (SSSR count). The van der Waals surface area contributed by atoms with E-state index in [-0.39, 0.29) is 6.04 Å². The van der Waals surface area contributed by atoms with Gasteiger partial charge in [0, 0.05) is 6.42 Å². The molecule has 0 amide bonds. The number of quaternary nitrogens is 1. The van der Waals surface area contributed by atoms with Crippen molar-refractivity contribution in [2.75, 3.05) is 32.1 Å². The van der Waals surface area contributed by atoms with E-state index in [9.17, 15) is 8.42 Å². The molecule has 0 radical (unpaired) electrons. The van der Waals surface area contributed by atoms with E-state index in [0.717, 1.165) is 6.42 Å². The second-order valence-electron chi connectivity index (χ2n) is 4.20. The van der Waals surface area contributed by atoms with Crippen molar-refractivity contribution < 1.29 is 12.9 Å². The van der Waals surface area contributed by atoms with Crippen LogP contribution in [0.25, 0.3) is 0 Å². The SMILES string of the molecule is C#CC[N+](C)(C)[C@H]1CCS(=O)(=O)C1. The van der Waals surface area contributed by atoms with Gasteiger partial charge in [0.1, 0.15) is 18.3 Å². The van der Waals surface area contributed by atoms with Crippen molar-refractivity contribution in [1.29, 1.82) is 0 Å². The Labute approximate surface area is 80.2 Å². The Balaban J connectivity index is 2.72. The van der Waals surface area contributed by atoms with Gasteiger partial charge in [-0.2, -0.15) is 0 Å². The second kappa shape index (κ2) is 3.32. The maximum atomic E-state index is 11.2. The van der Waals surface area contributed by atoms with Crippen LogP contribution in [-0.4, -0.2) is 51.1 Å². The van der Waals surface area contributed by atoms with Crippen LogP contribution in [0.2, 0.25) is 0 Å². The van der Waals surface area contributed by atoms with Gasteiger partial charge in [0.2, 0.25) is 0 Å². The zero-order chi connectivity index (χ0) is 10.1. The van der Waals surface area contributed by atoms with Crippen molar-refractivity contribution in [3.63, 3.8) is 0 Å². The Morgan fingerprint density at radius 3 is 2.54 bits per heavy atom. The lowest BCUT2D eigenvalue weighted by Gasteiger charge is -2.33. The average molecular weight is 202 g/mol. The molecule has 0 unspecified atom stereocenters. The van der Waals surface area contributed by atoms with E-state index in [0.29, 0.717) is 22.5 Å². The first-order valence-electron chi connectivity index (χ1n) is 4.34. The lowest BCUT2D eigenvalue weighted by atomic mass is 10.2. The van der Waals surface area contributed by atoms with Crippen LogP contribution in [0.3, 0.4) is 0 Å². The number of nitrogens with zero attached hydrogens (tertiary/aromatic N) is 1. The van der Waals surface area contributed by atoms with Gasteiger partial charge in [-0.05, 0) is 5.92 Å². The maximum Gasteiger partial charge on any atom is 0.156 e. The lowest BCUT2D eigenvalue weighted by molar-refractivity contribution is -0.905. The molecule has 0 aliphatic carbocycles. The van der Waals surface area contributed by atoms with E-state index in [2.05, 4.69) is 5.92 Å². The third-order valence-corrected chi connectivity index (χ3v) is 4.45. The fraction of sp³-hybridized carbons (Fsp3) is 0.778. The largest absolute Gasteiger partial charge is 0.315 e. The smallest absolute Gasteiger partial charge is 0.156 e. The Bertz CT molecular complexity index is 324. The summed E-state index contributed by atoms with van der Waals surface area (Å²) in [5, 5.41) is 0. The minimum Gasteiger partial charge on any atom is -0.315 e.